The Balaban J connectivity index is 1.25. The van der Waals surface area contributed by atoms with Gasteiger partial charge in [0.05, 0.1) is 7.11 Å². The van der Waals surface area contributed by atoms with E-state index >= 15 is 0 Å². The summed E-state index contributed by atoms with van der Waals surface area (Å²) in [6, 6.07) is 22.8. The van der Waals surface area contributed by atoms with Gasteiger partial charge in [0.1, 0.15) is 5.75 Å². The molecule has 0 spiro atoms. The monoisotopic (exact) mass is 481 g/mol. The van der Waals surface area contributed by atoms with Crippen molar-refractivity contribution in [3.05, 3.63) is 78.4 Å². The van der Waals surface area contributed by atoms with E-state index in [1.807, 2.05) is 42.5 Å². The Morgan fingerprint density at radius 1 is 0.833 bits per heavy atom. The minimum atomic E-state index is -0.173. The largest absolute Gasteiger partial charge is 0.497 e. The molecule has 3 aromatic carbocycles. The van der Waals surface area contributed by atoms with Crippen LogP contribution in [0.4, 0.5) is 11.4 Å². The van der Waals surface area contributed by atoms with Crippen LogP contribution in [0.1, 0.15) is 43.0 Å². The van der Waals surface area contributed by atoms with E-state index in [-0.39, 0.29) is 17.7 Å². The Morgan fingerprint density at radius 3 is 2.22 bits per heavy atom. The molecule has 36 heavy (non-hydrogen) atoms. The highest BCUT2D eigenvalue weighted by Gasteiger charge is 2.24. The quantitative estimate of drug-likeness (QED) is 0.281. The fourth-order valence-electron chi connectivity index (χ4n) is 4.81. The second kappa shape index (κ2) is 10.3. The van der Waals surface area contributed by atoms with Gasteiger partial charge in [0.15, 0.2) is 0 Å². The molecule has 0 atom stereocenters. The topological polar surface area (TPSA) is 83.2 Å². The first-order valence-corrected chi connectivity index (χ1v) is 12.5. The number of methoxy groups -OCH3 is 1. The summed E-state index contributed by atoms with van der Waals surface area (Å²) in [5.74, 6) is 1.51. The number of carbonyl (C=O) groups is 2. The number of aromatic amines is 1. The van der Waals surface area contributed by atoms with Crippen molar-refractivity contribution in [2.24, 2.45) is 11.8 Å². The zero-order valence-corrected chi connectivity index (χ0v) is 20.6. The van der Waals surface area contributed by atoms with Crippen LogP contribution in [0.3, 0.4) is 0 Å². The van der Waals surface area contributed by atoms with Crippen molar-refractivity contribution in [3.63, 3.8) is 0 Å². The molecule has 5 rings (SSSR count). The van der Waals surface area contributed by atoms with E-state index in [1.54, 1.807) is 31.4 Å². The SMILES string of the molecule is COc1ccc(C(=O)Nc2ccc3[nH]c(-c4ccc(NC(=O)C5CCC(C)CC5)cc4)cc3c2)cc1. The molecule has 0 saturated heterocycles. The van der Waals surface area contributed by atoms with Gasteiger partial charge in [-0.3, -0.25) is 9.59 Å². The molecule has 6 heteroatoms. The van der Waals surface area contributed by atoms with Gasteiger partial charge in [-0.1, -0.05) is 19.1 Å². The summed E-state index contributed by atoms with van der Waals surface area (Å²) in [7, 11) is 1.60. The maximum Gasteiger partial charge on any atom is 0.255 e. The van der Waals surface area contributed by atoms with Gasteiger partial charge < -0.3 is 20.4 Å². The maximum atomic E-state index is 12.6. The van der Waals surface area contributed by atoms with Crippen LogP contribution in [0, 0.1) is 11.8 Å². The van der Waals surface area contributed by atoms with E-state index in [0.29, 0.717) is 11.3 Å². The second-order valence-electron chi connectivity index (χ2n) is 9.69. The molecule has 0 unspecified atom stereocenters. The summed E-state index contributed by atoms with van der Waals surface area (Å²) in [4.78, 5) is 28.7. The molecule has 0 radical (unpaired) electrons. The minimum Gasteiger partial charge on any atom is -0.497 e. The lowest BCUT2D eigenvalue weighted by Gasteiger charge is -2.25. The first kappa shape index (κ1) is 23.7. The van der Waals surface area contributed by atoms with Gasteiger partial charge in [0.25, 0.3) is 5.91 Å². The van der Waals surface area contributed by atoms with Gasteiger partial charge in [-0.25, -0.2) is 0 Å². The first-order valence-electron chi connectivity index (χ1n) is 12.5. The molecule has 1 saturated carbocycles. The maximum absolute atomic E-state index is 12.6. The molecule has 6 nitrogen and oxygen atoms in total. The van der Waals surface area contributed by atoms with Crippen LogP contribution in [-0.4, -0.2) is 23.9 Å². The van der Waals surface area contributed by atoms with E-state index in [9.17, 15) is 9.59 Å². The van der Waals surface area contributed by atoms with Crippen LogP contribution in [-0.2, 0) is 4.79 Å². The van der Waals surface area contributed by atoms with Crippen molar-refractivity contribution in [3.8, 4) is 17.0 Å². The smallest absolute Gasteiger partial charge is 0.255 e. The lowest BCUT2D eigenvalue weighted by Crippen LogP contribution is -2.26. The highest BCUT2D eigenvalue weighted by molar-refractivity contribution is 6.05. The minimum absolute atomic E-state index is 0.119. The molecule has 1 aromatic heterocycles. The average molecular weight is 482 g/mol. The number of anilines is 2. The predicted molar refractivity (Wildman–Crippen MR) is 144 cm³/mol. The third-order valence-corrected chi connectivity index (χ3v) is 7.08. The molecule has 1 fully saturated rings. The Labute approximate surface area is 211 Å². The fraction of sp³-hybridized carbons (Fsp3) is 0.267. The Hall–Kier alpha value is -4.06. The highest BCUT2D eigenvalue weighted by Crippen LogP contribution is 2.30. The zero-order valence-electron chi connectivity index (χ0n) is 20.6. The van der Waals surface area contributed by atoms with Crippen LogP contribution in [0.25, 0.3) is 22.2 Å². The number of benzene rings is 3. The fourth-order valence-corrected chi connectivity index (χ4v) is 4.81. The van der Waals surface area contributed by atoms with Gasteiger partial charge >= 0.3 is 0 Å². The van der Waals surface area contributed by atoms with Crippen LogP contribution in [0.5, 0.6) is 5.75 Å². The van der Waals surface area contributed by atoms with Gasteiger partial charge in [0.2, 0.25) is 5.91 Å². The van der Waals surface area contributed by atoms with E-state index < -0.39 is 0 Å². The number of H-pyrrole nitrogens is 1. The van der Waals surface area contributed by atoms with Crippen LogP contribution >= 0.6 is 0 Å². The molecule has 1 heterocycles. The number of fused-ring (bicyclic) bond motifs is 1. The molecule has 2 amide bonds. The van der Waals surface area contributed by atoms with E-state index in [0.717, 1.165) is 65.1 Å². The summed E-state index contributed by atoms with van der Waals surface area (Å²) in [6.45, 7) is 2.26. The van der Waals surface area contributed by atoms with Crippen molar-refractivity contribution < 1.29 is 14.3 Å². The van der Waals surface area contributed by atoms with Crippen molar-refractivity contribution in [1.82, 2.24) is 4.98 Å². The summed E-state index contributed by atoms with van der Waals surface area (Å²) >= 11 is 0. The standard InChI is InChI=1S/C30H31N3O3/c1-19-3-5-21(6-4-19)29(34)31-24-11-7-20(8-12-24)28-18-23-17-25(13-16-27(23)33-28)32-30(35)22-9-14-26(36-2)15-10-22/h7-19,21,33H,3-6H2,1-2H3,(H,31,34)(H,32,35). The molecule has 4 aromatic rings. The highest BCUT2D eigenvalue weighted by atomic mass is 16.5. The Kier molecular flexibility index (Phi) is 6.76. The van der Waals surface area contributed by atoms with Crippen molar-refractivity contribution >= 4 is 34.1 Å². The molecule has 1 aliphatic rings. The molecule has 1 aliphatic carbocycles. The van der Waals surface area contributed by atoms with Gasteiger partial charge in [-0.05, 0) is 97.8 Å². The van der Waals surface area contributed by atoms with E-state index in [2.05, 4.69) is 28.6 Å². The lowest BCUT2D eigenvalue weighted by atomic mass is 9.82. The number of hydrogen-bond acceptors (Lipinski definition) is 3. The number of carbonyl (C=O) groups excluding carboxylic acids is 2. The lowest BCUT2D eigenvalue weighted by molar-refractivity contribution is -0.121. The number of rotatable bonds is 6. The molecule has 0 aliphatic heterocycles. The second-order valence-corrected chi connectivity index (χ2v) is 9.69. The zero-order chi connectivity index (χ0) is 25.1. The average Bonchev–Trinajstić information content (AvgIpc) is 3.33. The van der Waals surface area contributed by atoms with Crippen molar-refractivity contribution in [1.29, 1.82) is 0 Å². The molecular weight excluding hydrogens is 450 g/mol. The van der Waals surface area contributed by atoms with Gasteiger partial charge in [-0.15, -0.1) is 0 Å². The molecule has 0 bridgehead atoms. The van der Waals surface area contributed by atoms with Gasteiger partial charge in [0, 0.05) is 39.5 Å². The Bertz CT molecular complexity index is 1370. The third-order valence-electron chi connectivity index (χ3n) is 7.08. The number of ether oxygens (including phenoxy) is 1. The number of aromatic nitrogens is 1. The predicted octanol–water partition coefficient (Wildman–Crippen LogP) is 6.86. The van der Waals surface area contributed by atoms with E-state index in [4.69, 9.17) is 4.74 Å². The van der Waals surface area contributed by atoms with Crippen LogP contribution in [0.15, 0.2) is 72.8 Å². The summed E-state index contributed by atoms with van der Waals surface area (Å²) < 4.78 is 5.15. The summed E-state index contributed by atoms with van der Waals surface area (Å²) in [5.41, 5.74) is 5.10. The molecule has 184 valence electrons. The molecular formula is C30H31N3O3. The van der Waals surface area contributed by atoms with Gasteiger partial charge in [-0.2, -0.15) is 0 Å². The van der Waals surface area contributed by atoms with Crippen LogP contribution in [0.2, 0.25) is 0 Å². The Morgan fingerprint density at radius 2 is 1.53 bits per heavy atom. The number of amides is 2. The number of hydrogen-bond donors (Lipinski definition) is 3. The van der Waals surface area contributed by atoms with Crippen molar-refractivity contribution in [2.75, 3.05) is 17.7 Å². The molecule has 3 N–H and O–H groups in total. The summed E-state index contributed by atoms with van der Waals surface area (Å²) in [6.07, 6.45) is 4.21. The third kappa shape index (κ3) is 5.28. The summed E-state index contributed by atoms with van der Waals surface area (Å²) in [5, 5.41) is 7.04. The van der Waals surface area contributed by atoms with E-state index in [1.165, 1.54) is 0 Å². The normalized spacial score (nSPS) is 17.5. The van der Waals surface area contributed by atoms with Crippen molar-refractivity contribution in [2.45, 2.75) is 32.6 Å². The number of nitrogens with one attached hydrogen (secondary N) is 3. The van der Waals surface area contributed by atoms with Crippen LogP contribution < -0.4 is 15.4 Å². The first-order chi connectivity index (χ1) is 17.5.